The van der Waals surface area contributed by atoms with E-state index in [9.17, 15) is 4.79 Å². The van der Waals surface area contributed by atoms with Crippen LogP contribution in [0.5, 0.6) is 0 Å². The zero-order valence-corrected chi connectivity index (χ0v) is 22.5. The Hall–Kier alpha value is -3.27. The second-order valence-corrected chi connectivity index (χ2v) is 10.7. The molecule has 2 fully saturated rings. The molecule has 198 valence electrons. The van der Waals surface area contributed by atoms with E-state index < -0.39 is 0 Å². The molecule has 0 bridgehead atoms. The molecule has 0 aliphatic carbocycles. The quantitative estimate of drug-likeness (QED) is 0.402. The molecule has 0 unspecified atom stereocenters. The van der Waals surface area contributed by atoms with Crippen molar-refractivity contribution < 1.29 is 4.74 Å². The van der Waals surface area contributed by atoms with Crippen LogP contribution in [0.4, 0.5) is 5.69 Å². The van der Waals surface area contributed by atoms with Gasteiger partial charge >= 0.3 is 0 Å². The zero-order chi connectivity index (χ0) is 26.2. The molecule has 0 spiro atoms. The fourth-order valence-corrected chi connectivity index (χ4v) is 5.93. The van der Waals surface area contributed by atoms with E-state index in [2.05, 4.69) is 43.3 Å². The Labute approximate surface area is 226 Å². The molecule has 9 nitrogen and oxygen atoms in total. The first-order chi connectivity index (χ1) is 18.5. The van der Waals surface area contributed by atoms with E-state index in [1.54, 1.807) is 0 Å². The van der Waals surface area contributed by atoms with Gasteiger partial charge in [0.1, 0.15) is 6.04 Å². The predicted molar refractivity (Wildman–Crippen MR) is 148 cm³/mol. The van der Waals surface area contributed by atoms with Crippen molar-refractivity contribution in [1.82, 2.24) is 30.1 Å². The number of benzene rings is 2. The number of aromatic nitrogens is 5. The van der Waals surface area contributed by atoms with E-state index in [0.717, 1.165) is 72.8 Å². The van der Waals surface area contributed by atoms with Gasteiger partial charge in [-0.2, -0.15) is 0 Å². The Kier molecular flexibility index (Phi) is 6.90. The molecule has 4 heterocycles. The number of aryl methyl sites for hydroxylation is 2. The maximum absolute atomic E-state index is 13.6. The third-order valence-electron chi connectivity index (χ3n) is 7.81. The van der Waals surface area contributed by atoms with Crippen molar-refractivity contribution in [1.29, 1.82) is 0 Å². The summed E-state index contributed by atoms with van der Waals surface area (Å²) in [6.45, 7) is 8.55. The van der Waals surface area contributed by atoms with Gasteiger partial charge in [-0.1, -0.05) is 35.9 Å². The van der Waals surface area contributed by atoms with Crippen LogP contribution in [-0.4, -0.2) is 69.0 Å². The molecule has 2 aliphatic rings. The molecule has 2 saturated heterocycles. The topological polar surface area (TPSA) is 92.2 Å². The van der Waals surface area contributed by atoms with Crippen LogP contribution >= 0.6 is 11.6 Å². The summed E-state index contributed by atoms with van der Waals surface area (Å²) >= 11 is 6.32. The fraction of sp³-hybridized carbons (Fsp3) is 0.429. The van der Waals surface area contributed by atoms with Crippen LogP contribution in [-0.2, 0) is 11.3 Å². The fourth-order valence-electron chi connectivity index (χ4n) is 5.77. The summed E-state index contributed by atoms with van der Waals surface area (Å²) in [5.74, 6) is 0.672. The first kappa shape index (κ1) is 25.0. The van der Waals surface area contributed by atoms with Gasteiger partial charge in [0, 0.05) is 49.1 Å². The standard InChI is InChI=1S/C28H32ClN7O2/c1-18-8-9-21(29)16-24(18)34-10-12-35(13-11-34)26(27-31-32-33-36(27)17-22-7-4-14-38-22)23-15-20-6-3-5-19(2)25(20)30-28(23)37/h3,5-6,8-9,15-16,22,26H,4,7,10-14,17H2,1-2H3,(H,30,37)/t22-,26+/m1/s1. The smallest absolute Gasteiger partial charge is 0.253 e. The van der Waals surface area contributed by atoms with Crippen molar-refractivity contribution in [2.45, 2.75) is 45.4 Å². The number of tetrazole rings is 1. The van der Waals surface area contributed by atoms with Gasteiger partial charge < -0.3 is 14.6 Å². The van der Waals surface area contributed by atoms with Gasteiger partial charge in [0.2, 0.25) is 0 Å². The van der Waals surface area contributed by atoms with E-state index >= 15 is 0 Å². The minimum Gasteiger partial charge on any atom is -0.376 e. The molecule has 0 radical (unpaired) electrons. The number of H-pyrrole nitrogens is 1. The molecule has 4 aromatic rings. The van der Waals surface area contributed by atoms with Crippen LogP contribution in [0.15, 0.2) is 47.3 Å². The van der Waals surface area contributed by atoms with Crippen LogP contribution in [0.25, 0.3) is 10.9 Å². The number of nitrogens with zero attached hydrogens (tertiary/aromatic N) is 6. The van der Waals surface area contributed by atoms with Crippen molar-refractivity contribution in [3.8, 4) is 0 Å². The lowest BCUT2D eigenvalue weighted by Gasteiger charge is -2.40. The highest BCUT2D eigenvalue weighted by Gasteiger charge is 2.34. The van der Waals surface area contributed by atoms with Gasteiger partial charge in [-0.3, -0.25) is 9.69 Å². The number of para-hydroxylation sites is 1. The summed E-state index contributed by atoms with van der Waals surface area (Å²) in [6.07, 6.45) is 2.11. The van der Waals surface area contributed by atoms with Crippen molar-refractivity contribution >= 4 is 28.2 Å². The second kappa shape index (κ2) is 10.5. The molecule has 0 amide bonds. The van der Waals surface area contributed by atoms with Gasteiger partial charge in [-0.15, -0.1) is 5.10 Å². The number of ether oxygens (including phenoxy) is 1. The summed E-state index contributed by atoms with van der Waals surface area (Å²) in [6, 6.07) is 13.7. The van der Waals surface area contributed by atoms with Gasteiger partial charge in [-0.25, -0.2) is 4.68 Å². The van der Waals surface area contributed by atoms with Crippen LogP contribution in [0, 0.1) is 13.8 Å². The van der Waals surface area contributed by atoms with Crippen molar-refractivity contribution in [3.63, 3.8) is 0 Å². The van der Waals surface area contributed by atoms with Crippen LogP contribution in [0.2, 0.25) is 5.02 Å². The Morgan fingerprint density at radius 3 is 2.74 bits per heavy atom. The van der Waals surface area contributed by atoms with E-state index in [0.29, 0.717) is 17.9 Å². The normalized spacial score (nSPS) is 19.3. The molecule has 0 saturated carbocycles. The van der Waals surface area contributed by atoms with Crippen LogP contribution in [0.1, 0.15) is 41.4 Å². The number of nitrogens with one attached hydrogen (secondary N) is 1. The number of fused-ring (bicyclic) bond motifs is 1. The molecule has 2 aliphatic heterocycles. The van der Waals surface area contributed by atoms with E-state index in [1.165, 1.54) is 5.56 Å². The average molecular weight is 534 g/mol. The highest BCUT2D eigenvalue weighted by molar-refractivity contribution is 6.30. The van der Waals surface area contributed by atoms with E-state index in [1.807, 2.05) is 48.0 Å². The molecule has 2 aromatic heterocycles. The lowest BCUT2D eigenvalue weighted by molar-refractivity contribution is 0.0906. The number of hydrogen-bond donors (Lipinski definition) is 1. The Balaban J connectivity index is 1.37. The average Bonchev–Trinajstić information content (AvgIpc) is 3.60. The first-order valence-corrected chi connectivity index (χ1v) is 13.6. The molecule has 10 heteroatoms. The third-order valence-corrected chi connectivity index (χ3v) is 8.04. The minimum absolute atomic E-state index is 0.0816. The Morgan fingerprint density at radius 2 is 1.95 bits per heavy atom. The second-order valence-electron chi connectivity index (χ2n) is 10.3. The molecule has 2 aromatic carbocycles. The molecular weight excluding hydrogens is 502 g/mol. The van der Waals surface area contributed by atoms with Gasteiger partial charge in [0.05, 0.1) is 18.2 Å². The maximum Gasteiger partial charge on any atom is 0.253 e. The highest BCUT2D eigenvalue weighted by atomic mass is 35.5. The maximum atomic E-state index is 13.6. The SMILES string of the molecule is Cc1ccc(Cl)cc1N1CCN([C@@H](c2cc3cccc(C)c3[nH]c2=O)c2nnnn2C[C@H]2CCCO2)CC1. The Bertz CT molecular complexity index is 1500. The number of piperazine rings is 1. The third kappa shape index (κ3) is 4.81. The van der Waals surface area contributed by atoms with Gasteiger partial charge in [0.25, 0.3) is 5.56 Å². The van der Waals surface area contributed by atoms with Crippen LogP contribution < -0.4 is 10.5 Å². The van der Waals surface area contributed by atoms with Gasteiger partial charge in [0.15, 0.2) is 5.82 Å². The summed E-state index contributed by atoms with van der Waals surface area (Å²) < 4.78 is 7.70. The molecule has 2 atom stereocenters. The van der Waals surface area contributed by atoms with Crippen molar-refractivity contribution in [2.24, 2.45) is 0 Å². The largest absolute Gasteiger partial charge is 0.376 e. The van der Waals surface area contributed by atoms with Crippen molar-refractivity contribution in [3.05, 3.63) is 80.4 Å². The predicted octanol–water partition coefficient (Wildman–Crippen LogP) is 3.88. The Morgan fingerprint density at radius 1 is 1.11 bits per heavy atom. The summed E-state index contributed by atoms with van der Waals surface area (Å²) in [7, 11) is 0. The summed E-state index contributed by atoms with van der Waals surface area (Å²) in [4.78, 5) is 21.4. The summed E-state index contributed by atoms with van der Waals surface area (Å²) in [5.41, 5.74) is 4.78. The number of rotatable bonds is 6. The molecule has 6 rings (SSSR count). The lowest BCUT2D eigenvalue weighted by Crippen LogP contribution is -2.49. The van der Waals surface area contributed by atoms with E-state index in [-0.39, 0.29) is 17.7 Å². The monoisotopic (exact) mass is 533 g/mol. The number of anilines is 1. The lowest BCUT2D eigenvalue weighted by atomic mass is 10.0. The molecule has 38 heavy (non-hydrogen) atoms. The number of hydrogen-bond acceptors (Lipinski definition) is 7. The van der Waals surface area contributed by atoms with Gasteiger partial charge in [-0.05, 0) is 71.8 Å². The zero-order valence-electron chi connectivity index (χ0n) is 21.7. The highest BCUT2D eigenvalue weighted by Crippen LogP contribution is 2.31. The van der Waals surface area contributed by atoms with Crippen molar-refractivity contribution in [2.75, 3.05) is 37.7 Å². The first-order valence-electron chi connectivity index (χ1n) is 13.2. The number of aromatic amines is 1. The van der Waals surface area contributed by atoms with Crippen LogP contribution in [0.3, 0.4) is 0 Å². The molecular formula is C28H32ClN7O2. The van der Waals surface area contributed by atoms with E-state index in [4.69, 9.17) is 16.3 Å². The number of halogens is 1. The summed E-state index contributed by atoms with van der Waals surface area (Å²) in [5, 5.41) is 14.6. The number of pyridine rings is 1. The minimum atomic E-state index is -0.386. The molecule has 1 N–H and O–H groups in total.